The number of halogens is 1. The number of hydrogen-bond donors (Lipinski definition) is 1. The molecule has 8 heteroatoms. The monoisotopic (exact) mass is 441 g/mol. The summed E-state index contributed by atoms with van der Waals surface area (Å²) >= 11 is 3.35. The van der Waals surface area contributed by atoms with E-state index in [1.165, 1.54) is 30.2 Å². The number of rotatable bonds is 4. The first-order chi connectivity index (χ1) is 13.6. The van der Waals surface area contributed by atoms with E-state index in [2.05, 4.69) is 36.1 Å². The van der Waals surface area contributed by atoms with E-state index in [-0.39, 0.29) is 18.0 Å². The van der Waals surface area contributed by atoms with Gasteiger partial charge in [0.2, 0.25) is 5.91 Å². The first kappa shape index (κ1) is 18.6. The fraction of sp³-hybridized carbons (Fsp3) is 0.300. The van der Waals surface area contributed by atoms with Crippen molar-refractivity contribution < 1.29 is 4.79 Å². The van der Waals surface area contributed by atoms with Crippen LogP contribution in [0.25, 0.3) is 10.9 Å². The molecule has 0 spiro atoms. The van der Waals surface area contributed by atoms with Gasteiger partial charge in [0.05, 0.1) is 29.1 Å². The summed E-state index contributed by atoms with van der Waals surface area (Å²) in [6.45, 7) is 1.96. The molecule has 3 aromatic rings. The van der Waals surface area contributed by atoms with Crippen molar-refractivity contribution in [3.8, 4) is 0 Å². The van der Waals surface area contributed by atoms with Crippen LogP contribution in [0.5, 0.6) is 0 Å². The molecule has 1 aliphatic heterocycles. The third-order valence-electron chi connectivity index (χ3n) is 4.84. The highest BCUT2D eigenvalue weighted by atomic mass is 79.9. The number of fused-ring (bicyclic) bond motifs is 1. The number of pyridine rings is 1. The molecule has 0 saturated carbocycles. The summed E-state index contributed by atoms with van der Waals surface area (Å²) < 4.78 is 2.09. The second-order valence-electron chi connectivity index (χ2n) is 6.84. The Kier molecular flexibility index (Phi) is 5.38. The summed E-state index contributed by atoms with van der Waals surface area (Å²) in [6, 6.07) is 9.06. The Morgan fingerprint density at radius 1 is 1.11 bits per heavy atom. The predicted octanol–water partition coefficient (Wildman–Crippen LogP) is 3.18. The number of carbonyl (C=O) groups is 1. The molecule has 0 atom stereocenters. The van der Waals surface area contributed by atoms with Crippen molar-refractivity contribution in [1.82, 2.24) is 14.5 Å². The smallest absolute Gasteiger partial charge is 0.261 e. The maximum absolute atomic E-state index is 12.6. The standard InChI is InChI=1S/C20H20BrN5O2/c21-14-4-6-17-16(10-14)20(28)26(13-23-17)12-19(27)24-18-7-5-15(11-22-18)25-8-2-1-3-9-25/h4-7,10-11,13H,1-3,8-9,12H2,(H,22,24,27). The van der Waals surface area contributed by atoms with Gasteiger partial charge in [-0.1, -0.05) is 15.9 Å². The zero-order valence-electron chi connectivity index (χ0n) is 15.3. The largest absolute Gasteiger partial charge is 0.370 e. The van der Waals surface area contributed by atoms with Gasteiger partial charge in [0.1, 0.15) is 12.4 Å². The summed E-state index contributed by atoms with van der Waals surface area (Å²) in [5.74, 6) is 0.145. The van der Waals surface area contributed by atoms with Crippen LogP contribution in [0.3, 0.4) is 0 Å². The number of nitrogens with one attached hydrogen (secondary N) is 1. The fourth-order valence-corrected chi connectivity index (χ4v) is 3.74. The Labute approximate surface area is 170 Å². The van der Waals surface area contributed by atoms with Gasteiger partial charge in [-0.25, -0.2) is 9.97 Å². The number of hydrogen-bond acceptors (Lipinski definition) is 5. The average Bonchev–Trinajstić information content (AvgIpc) is 2.72. The van der Waals surface area contributed by atoms with Gasteiger partial charge < -0.3 is 10.2 Å². The molecule has 0 radical (unpaired) electrons. The SMILES string of the molecule is O=C(Cn1cnc2ccc(Br)cc2c1=O)Nc1ccc(N2CCCCC2)cn1. The lowest BCUT2D eigenvalue weighted by atomic mass is 10.1. The normalized spacial score (nSPS) is 14.2. The van der Waals surface area contributed by atoms with E-state index >= 15 is 0 Å². The minimum atomic E-state index is -0.323. The van der Waals surface area contributed by atoms with Crippen LogP contribution in [0.4, 0.5) is 11.5 Å². The van der Waals surface area contributed by atoms with Crippen LogP contribution in [0.1, 0.15) is 19.3 Å². The van der Waals surface area contributed by atoms with E-state index in [0.717, 1.165) is 23.2 Å². The number of benzene rings is 1. The first-order valence-electron chi connectivity index (χ1n) is 9.26. The van der Waals surface area contributed by atoms with Crippen molar-refractivity contribution in [2.24, 2.45) is 0 Å². The lowest BCUT2D eigenvalue weighted by Crippen LogP contribution is -2.29. The number of piperidine rings is 1. The highest BCUT2D eigenvalue weighted by Gasteiger charge is 2.12. The van der Waals surface area contributed by atoms with Gasteiger partial charge in [0.15, 0.2) is 0 Å². The Morgan fingerprint density at radius 2 is 1.93 bits per heavy atom. The zero-order chi connectivity index (χ0) is 19.5. The van der Waals surface area contributed by atoms with Gasteiger partial charge in [0, 0.05) is 17.6 Å². The van der Waals surface area contributed by atoms with Crippen LogP contribution >= 0.6 is 15.9 Å². The summed E-state index contributed by atoms with van der Waals surface area (Å²) in [6.07, 6.45) is 6.85. The molecule has 0 aliphatic carbocycles. The summed E-state index contributed by atoms with van der Waals surface area (Å²) in [7, 11) is 0. The first-order valence-corrected chi connectivity index (χ1v) is 10.0. The number of nitrogens with zero attached hydrogens (tertiary/aromatic N) is 4. The molecule has 1 saturated heterocycles. The van der Waals surface area contributed by atoms with Crippen molar-refractivity contribution in [3.63, 3.8) is 0 Å². The topological polar surface area (TPSA) is 80.1 Å². The molecule has 28 heavy (non-hydrogen) atoms. The van der Waals surface area contributed by atoms with Crippen LogP contribution in [0.2, 0.25) is 0 Å². The molecule has 0 unspecified atom stereocenters. The molecule has 1 fully saturated rings. The quantitative estimate of drug-likeness (QED) is 0.672. The predicted molar refractivity (Wildman–Crippen MR) is 113 cm³/mol. The molecule has 1 amide bonds. The summed E-state index contributed by atoms with van der Waals surface area (Å²) in [5.41, 5.74) is 1.41. The number of anilines is 2. The lowest BCUT2D eigenvalue weighted by Gasteiger charge is -2.28. The van der Waals surface area contributed by atoms with Crippen molar-refractivity contribution in [2.45, 2.75) is 25.8 Å². The Bertz CT molecular complexity index is 1060. The van der Waals surface area contributed by atoms with E-state index in [0.29, 0.717) is 16.7 Å². The van der Waals surface area contributed by atoms with Crippen LogP contribution in [-0.2, 0) is 11.3 Å². The number of aromatic nitrogens is 3. The van der Waals surface area contributed by atoms with E-state index < -0.39 is 0 Å². The third-order valence-corrected chi connectivity index (χ3v) is 5.33. The van der Waals surface area contributed by atoms with E-state index in [1.807, 2.05) is 12.1 Å². The molecule has 1 N–H and O–H groups in total. The average molecular weight is 442 g/mol. The molecule has 2 aromatic heterocycles. The zero-order valence-corrected chi connectivity index (χ0v) is 16.9. The Morgan fingerprint density at radius 3 is 2.68 bits per heavy atom. The Hall–Kier alpha value is -2.74. The van der Waals surface area contributed by atoms with Gasteiger partial charge in [-0.05, 0) is 49.6 Å². The van der Waals surface area contributed by atoms with E-state index in [4.69, 9.17) is 0 Å². The molecular weight excluding hydrogens is 422 g/mol. The summed E-state index contributed by atoms with van der Waals surface area (Å²) in [4.78, 5) is 35.8. The molecule has 0 bridgehead atoms. The fourth-order valence-electron chi connectivity index (χ4n) is 3.38. The highest BCUT2D eigenvalue weighted by molar-refractivity contribution is 9.10. The van der Waals surface area contributed by atoms with Gasteiger partial charge in [-0.3, -0.25) is 14.2 Å². The second kappa shape index (κ2) is 8.10. The lowest BCUT2D eigenvalue weighted by molar-refractivity contribution is -0.116. The van der Waals surface area contributed by atoms with Crippen LogP contribution in [0.15, 0.2) is 52.1 Å². The molecule has 144 valence electrons. The van der Waals surface area contributed by atoms with E-state index in [1.54, 1.807) is 24.4 Å². The minimum absolute atomic E-state index is 0.121. The van der Waals surface area contributed by atoms with Crippen molar-refractivity contribution in [3.05, 3.63) is 57.7 Å². The third kappa shape index (κ3) is 4.06. The second-order valence-corrected chi connectivity index (χ2v) is 7.75. The van der Waals surface area contributed by atoms with Gasteiger partial charge >= 0.3 is 0 Å². The van der Waals surface area contributed by atoms with Crippen LogP contribution in [-0.4, -0.2) is 33.5 Å². The van der Waals surface area contributed by atoms with Gasteiger partial charge in [-0.2, -0.15) is 0 Å². The number of carbonyl (C=O) groups excluding carboxylic acids is 1. The molecular formula is C20H20BrN5O2. The maximum Gasteiger partial charge on any atom is 0.261 e. The van der Waals surface area contributed by atoms with Gasteiger partial charge in [0.25, 0.3) is 5.56 Å². The highest BCUT2D eigenvalue weighted by Crippen LogP contribution is 2.20. The minimum Gasteiger partial charge on any atom is -0.370 e. The Balaban J connectivity index is 1.45. The van der Waals surface area contributed by atoms with Gasteiger partial charge in [-0.15, -0.1) is 0 Å². The molecule has 7 nitrogen and oxygen atoms in total. The summed E-state index contributed by atoms with van der Waals surface area (Å²) in [5, 5.41) is 3.21. The maximum atomic E-state index is 12.6. The van der Waals surface area contributed by atoms with Crippen LogP contribution < -0.4 is 15.8 Å². The van der Waals surface area contributed by atoms with Crippen LogP contribution in [0, 0.1) is 0 Å². The molecule has 4 rings (SSSR count). The van der Waals surface area contributed by atoms with Crippen molar-refractivity contribution in [2.75, 3.05) is 23.3 Å². The molecule has 1 aromatic carbocycles. The van der Waals surface area contributed by atoms with E-state index in [9.17, 15) is 9.59 Å². The molecule has 1 aliphatic rings. The van der Waals surface area contributed by atoms with Crippen molar-refractivity contribution >= 4 is 44.2 Å². The number of amides is 1. The van der Waals surface area contributed by atoms with Crippen molar-refractivity contribution in [1.29, 1.82) is 0 Å². The molecule has 3 heterocycles.